The maximum atomic E-state index is 12.7. The van der Waals surface area contributed by atoms with Crippen LogP contribution in [0.4, 0.5) is 11.5 Å². The largest absolute Gasteiger partial charge is 0.338 e. The Morgan fingerprint density at radius 1 is 1.11 bits per heavy atom. The van der Waals surface area contributed by atoms with E-state index in [1.54, 1.807) is 4.68 Å². The molecular formula is C22H21N5O. The zero-order valence-corrected chi connectivity index (χ0v) is 15.7. The Kier molecular flexibility index (Phi) is 3.97. The number of H-pyrrole nitrogens is 1. The van der Waals surface area contributed by atoms with Gasteiger partial charge in [-0.25, -0.2) is 9.67 Å². The fourth-order valence-corrected chi connectivity index (χ4v) is 3.90. The fourth-order valence-electron chi connectivity index (χ4n) is 3.90. The molecule has 0 spiro atoms. The first kappa shape index (κ1) is 16.7. The maximum absolute atomic E-state index is 12.7. The number of hydrogen-bond donors (Lipinski definition) is 2. The second kappa shape index (κ2) is 6.64. The summed E-state index contributed by atoms with van der Waals surface area (Å²) >= 11 is 0. The third-order valence-corrected chi connectivity index (χ3v) is 5.31. The van der Waals surface area contributed by atoms with Crippen LogP contribution in [0, 0.1) is 0 Å². The van der Waals surface area contributed by atoms with Crippen molar-refractivity contribution in [1.29, 1.82) is 0 Å². The van der Waals surface area contributed by atoms with Crippen molar-refractivity contribution in [3.05, 3.63) is 65.4 Å². The number of rotatable bonds is 4. The average Bonchev–Trinajstić information content (AvgIpc) is 3.30. The van der Waals surface area contributed by atoms with Crippen LogP contribution in [0.1, 0.15) is 41.4 Å². The molecule has 6 heteroatoms. The van der Waals surface area contributed by atoms with Crippen LogP contribution in [0.3, 0.4) is 0 Å². The number of anilines is 2. The summed E-state index contributed by atoms with van der Waals surface area (Å²) in [4.78, 5) is 20.7. The molecule has 4 aromatic rings. The van der Waals surface area contributed by atoms with Crippen molar-refractivity contribution in [2.24, 2.45) is 0 Å². The number of ketones is 1. The summed E-state index contributed by atoms with van der Waals surface area (Å²) < 4.78 is 1.79. The first-order chi connectivity index (χ1) is 13.7. The quantitative estimate of drug-likeness (QED) is 0.551. The number of aromatic nitrogens is 4. The molecule has 0 saturated heterocycles. The van der Waals surface area contributed by atoms with Crippen LogP contribution in [-0.4, -0.2) is 25.5 Å². The van der Waals surface area contributed by atoms with E-state index < -0.39 is 0 Å². The van der Waals surface area contributed by atoms with E-state index in [4.69, 9.17) is 5.10 Å². The molecule has 2 aromatic heterocycles. The summed E-state index contributed by atoms with van der Waals surface area (Å²) in [5.41, 5.74) is 5.63. The van der Waals surface area contributed by atoms with Crippen molar-refractivity contribution in [2.45, 2.75) is 32.6 Å². The van der Waals surface area contributed by atoms with Crippen molar-refractivity contribution >= 4 is 28.3 Å². The molecule has 1 aliphatic carbocycles. The SMILES string of the molecule is CCc1ccccc1Nc1nn(-c2nc3ccccc3[nH]2)c2c1C(=O)CCC2. The number of aromatic amines is 1. The highest BCUT2D eigenvalue weighted by Crippen LogP contribution is 2.32. The van der Waals surface area contributed by atoms with Gasteiger partial charge in [0.2, 0.25) is 5.95 Å². The maximum Gasteiger partial charge on any atom is 0.229 e. The third-order valence-electron chi connectivity index (χ3n) is 5.31. The van der Waals surface area contributed by atoms with E-state index in [2.05, 4.69) is 28.3 Å². The van der Waals surface area contributed by atoms with E-state index in [0.29, 0.717) is 23.8 Å². The van der Waals surface area contributed by atoms with Gasteiger partial charge in [0.15, 0.2) is 11.6 Å². The number of carbonyl (C=O) groups excluding carboxylic acids is 1. The second-order valence-electron chi connectivity index (χ2n) is 7.07. The minimum absolute atomic E-state index is 0.139. The molecule has 0 bridgehead atoms. The Balaban J connectivity index is 1.65. The van der Waals surface area contributed by atoms with Gasteiger partial charge in [-0.1, -0.05) is 37.3 Å². The van der Waals surface area contributed by atoms with Gasteiger partial charge in [0, 0.05) is 12.1 Å². The molecule has 0 saturated carbocycles. The molecule has 5 rings (SSSR count). The van der Waals surface area contributed by atoms with Crippen LogP contribution < -0.4 is 5.32 Å². The lowest BCUT2D eigenvalue weighted by Gasteiger charge is -2.13. The van der Waals surface area contributed by atoms with Crippen LogP contribution >= 0.6 is 0 Å². The Hall–Kier alpha value is -3.41. The molecule has 6 nitrogen and oxygen atoms in total. The van der Waals surface area contributed by atoms with Crippen molar-refractivity contribution in [3.8, 4) is 5.95 Å². The number of aryl methyl sites for hydroxylation is 1. The highest BCUT2D eigenvalue weighted by Gasteiger charge is 2.29. The zero-order valence-electron chi connectivity index (χ0n) is 15.7. The van der Waals surface area contributed by atoms with Crippen molar-refractivity contribution in [2.75, 3.05) is 5.32 Å². The number of nitrogens with zero attached hydrogens (tertiary/aromatic N) is 3. The lowest BCUT2D eigenvalue weighted by atomic mass is 9.96. The molecule has 0 fully saturated rings. The number of carbonyl (C=O) groups is 1. The van der Waals surface area contributed by atoms with Gasteiger partial charge in [-0.05, 0) is 43.0 Å². The van der Waals surface area contributed by atoms with Crippen LogP contribution in [0.2, 0.25) is 0 Å². The van der Waals surface area contributed by atoms with E-state index in [0.717, 1.165) is 41.7 Å². The van der Waals surface area contributed by atoms with E-state index in [-0.39, 0.29) is 5.78 Å². The van der Waals surface area contributed by atoms with Crippen molar-refractivity contribution in [3.63, 3.8) is 0 Å². The van der Waals surface area contributed by atoms with Gasteiger partial charge in [0.05, 0.1) is 22.3 Å². The predicted molar refractivity (Wildman–Crippen MR) is 110 cm³/mol. The lowest BCUT2D eigenvalue weighted by Crippen LogP contribution is -2.14. The Morgan fingerprint density at radius 2 is 1.93 bits per heavy atom. The minimum atomic E-state index is 0.139. The van der Waals surface area contributed by atoms with Crippen molar-refractivity contribution < 1.29 is 4.79 Å². The van der Waals surface area contributed by atoms with E-state index in [1.165, 1.54) is 5.56 Å². The van der Waals surface area contributed by atoms with E-state index >= 15 is 0 Å². The number of hydrogen-bond acceptors (Lipinski definition) is 4. The summed E-state index contributed by atoms with van der Waals surface area (Å²) in [6, 6.07) is 16.0. The fraction of sp³-hybridized carbons (Fsp3) is 0.227. The van der Waals surface area contributed by atoms with Gasteiger partial charge in [-0.3, -0.25) is 4.79 Å². The van der Waals surface area contributed by atoms with Crippen LogP contribution in [0.15, 0.2) is 48.5 Å². The third kappa shape index (κ3) is 2.69. The van der Waals surface area contributed by atoms with Crippen molar-refractivity contribution in [1.82, 2.24) is 19.7 Å². The van der Waals surface area contributed by atoms with Gasteiger partial charge >= 0.3 is 0 Å². The summed E-state index contributed by atoms with van der Waals surface area (Å²) in [7, 11) is 0. The number of fused-ring (bicyclic) bond motifs is 2. The van der Waals surface area contributed by atoms with Crippen LogP contribution in [0.25, 0.3) is 17.0 Å². The molecular weight excluding hydrogens is 350 g/mol. The second-order valence-corrected chi connectivity index (χ2v) is 7.07. The summed E-state index contributed by atoms with van der Waals surface area (Å²) in [5, 5.41) is 8.18. The first-order valence-electron chi connectivity index (χ1n) is 9.69. The summed E-state index contributed by atoms with van der Waals surface area (Å²) in [6.07, 6.45) is 3.11. The van der Waals surface area contributed by atoms with Gasteiger partial charge in [-0.2, -0.15) is 0 Å². The molecule has 0 atom stereocenters. The molecule has 0 amide bonds. The molecule has 1 aliphatic rings. The van der Waals surface area contributed by atoms with Crippen LogP contribution in [0.5, 0.6) is 0 Å². The standard InChI is InChI=1S/C22H21N5O/c1-2-14-8-3-4-9-15(14)23-21-20-18(12-7-13-19(20)28)27(26-21)22-24-16-10-5-6-11-17(16)25-22/h3-6,8-11H,2,7,12-13H2,1H3,(H,23,26)(H,24,25). The molecule has 0 radical (unpaired) electrons. The first-order valence-corrected chi connectivity index (χ1v) is 9.69. The van der Waals surface area contributed by atoms with Gasteiger partial charge < -0.3 is 10.3 Å². The average molecular weight is 371 g/mol. The zero-order chi connectivity index (χ0) is 19.1. The topological polar surface area (TPSA) is 75.6 Å². The number of nitrogens with one attached hydrogen (secondary N) is 2. The molecule has 0 aliphatic heterocycles. The van der Waals surface area contributed by atoms with Gasteiger partial charge in [0.1, 0.15) is 0 Å². The van der Waals surface area contributed by atoms with E-state index in [9.17, 15) is 4.79 Å². The lowest BCUT2D eigenvalue weighted by molar-refractivity contribution is 0.0973. The number of para-hydroxylation sites is 3. The van der Waals surface area contributed by atoms with Crippen LogP contribution in [-0.2, 0) is 12.8 Å². The highest BCUT2D eigenvalue weighted by atomic mass is 16.1. The number of imidazole rings is 1. The monoisotopic (exact) mass is 371 g/mol. The summed E-state index contributed by atoms with van der Waals surface area (Å²) in [5.74, 6) is 1.39. The molecule has 2 aromatic carbocycles. The Bertz CT molecular complexity index is 1150. The molecule has 2 N–H and O–H groups in total. The summed E-state index contributed by atoms with van der Waals surface area (Å²) in [6.45, 7) is 2.12. The highest BCUT2D eigenvalue weighted by molar-refractivity contribution is 6.03. The number of Topliss-reactive ketones (excluding diaryl/α,β-unsaturated/α-hetero) is 1. The molecule has 28 heavy (non-hydrogen) atoms. The number of benzene rings is 2. The Morgan fingerprint density at radius 3 is 2.79 bits per heavy atom. The predicted octanol–water partition coefficient (Wildman–Crippen LogP) is 4.57. The normalized spacial score (nSPS) is 13.7. The van der Waals surface area contributed by atoms with E-state index in [1.807, 2.05) is 42.5 Å². The van der Waals surface area contributed by atoms with Gasteiger partial charge in [0.25, 0.3) is 0 Å². The molecule has 140 valence electrons. The smallest absolute Gasteiger partial charge is 0.229 e. The minimum Gasteiger partial charge on any atom is -0.338 e. The molecule has 2 heterocycles. The van der Waals surface area contributed by atoms with Gasteiger partial charge in [-0.15, -0.1) is 5.10 Å². The molecule has 0 unspecified atom stereocenters. The Labute approximate surface area is 162 Å².